The highest BCUT2D eigenvalue weighted by Gasteiger charge is 2.06. The lowest BCUT2D eigenvalue weighted by molar-refractivity contribution is 1.03. The minimum atomic E-state index is 0.764. The van der Waals surface area contributed by atoms with E-state index in [0.717, 1.165) is 34.6 Å². The summed E-state index contributed by atoms with van der Waals surface area (Å²) in [5.41, 5.74) is 1.99. The first kappa shape index (κ1) is 15.5. The average Bonchev–Trinajstić information content (AvgIpc) is 3.15. The van der Waals surface area contributed by atoms with Crippen LogP contribution >= 0.6 is 11.3 Å². The van der Waals surface area contributed by atoms with Gasteiger partial charge < -0.3 is 10.6 Å². The summed E-state index contributed by atoms with van der Waals surface area (Å²) in [5, 5.41) is 19.3. The number of rotatable bonds is 6. The minimum Gasteiger partial charge on any atom is -0.383 e. The van der Waals surface area contributed by atoms with Gasteiger partial charge >= 0.3 is 0 Å². The summed E-state index contributed by atoms with van der Waals surface area (Å²) < 4.78 is 0. The van der Waals surface area contributed by atoms with E-state index in [9.17, 15) is 0 Å². The van der Waals surface area contributed by atoms with Crippen molar-refractivity contribution >= 4 is 32.9 Å². The third-order valence-electron chi connectivity index (χ3n) is 3.82. The van der Waals surface area contributed by atoms with Gasteiger partial charge in [0.1, 0.15) is 5.69 Å². The number of hydrogen-bond donors (Lipinski definition) is 2. The van der Waals surface area contributed by atoms with Crippen molar-refractivity contribution in [3.63, 3.8) is 0 Å². The second-order valence-electron chi connectivity index (χ2n) is 5.51. The SMILES string of the molecule is c1ccc(-c2nnc(NCCNc3cccc4ccccc34)s2)nc1. The summed E-state index contributed by atoms with van der Waals surface area (Å²) in [4.78, 5) is 4.30. The van der Waals surface area contributed by atoms with Crippen LogP contribution in [0.3, 0.4) is 0 Å². The molecule has 0 fully saturated rings. The van der Waals surface area contributed by atoms with Crippen LogP contribution in [0.4, 0.5) is 10.8 Å². The van der Waals surface area contributed by atoms with Crippen LogP contribution in [0.15, 0.2) is 66.9 Å². The molecule has 2 N–H and O–H groups in total. The minimum absolute atomic E-state index is 0.764. The number of anilines is 2. The highest BCUT2D eigenvalue weighted by Crippen LogP contribution is 2.24. The lowest BCUT2D eigenvalue weighted by atomic mass is 10.1. The van der Waals surface area contributed by atoms with Crippen molar-refractivity contribution in [2.24, 2.45) is 0 Å². The lowest BCUT2D eigenvalue weighted by Crippen LogP contribution is -2.13. The predicted octanol–water partition coefficient (Wildman–Crippen LogP) is 4.28. The molecule has 25 heavy (non-hydrogen) atoms. The van der Waals surface area contributed by atoms with Gasteiger partial charge in [-0.25, -0.2) is 0 Å². The van der Waals surface area contributed by atoms with Crippen molar-refractivity contribution in [3.8, 4) is 10.7 Å². The molecule has 0 saturated carbocycles. The molecule has 0 bridgehead atoms. The fourth-order valence-corrected chi connectivity index (χ4v) is 3.38. The van der Waals surface area contributed by atoms with Gasteiger partial charge in [-0.2, -0.15) is 0 Å². The number of aromatic nitrogens is 3. The molecule has 6 heteroatoms. The smallest absolute Gasteiger partial charge is 0.206 e. The first-order chi connectivity index (χ1) is 12.4. The third-order valence-corrected chi connectivity index (χ3v) is 4.72. The maximum Gasteiger partial charge on any atom is 0.206 e. The molecule has 0 unspecified atom stereocenters. The largest absolute Gasteiger partial charge is 0.383 e. The molecule has 4 aromatic rings. The number of hydrogen-bond acceptors (Lipinski definition) is 6. The average molecular weight is 347 g/mol. The summed E-state index contributed by atoms with van der Waals surface area (Å²) in [7, 11) is 0. The van der Waals surface area contributed by atoms with Gasteiger partial charge in [0.2, 0.25) is 5.13 Å². The van der Waals surface area contributed by atoms with Gasteiger partial charge in [-0.3, -0.25) is 4.98 Å². The first-order valence-corrected chi connectivity index (χ1v) is 8.92. The van der Waals surface area contributed by atoms with E-state index in [1.54, 1.807) is 6.20 Å². The van der Waals surface area contributed by atoms with Gasteiger partial charge in [0.05, 0.1) is 0 Å². The zero-order valence-electron chi connectivity index (χ0n) is 13.5. The molecule has 5 nitrogen and oxygen atoms in total. The van der Waals surface area contributed by atoms with Crippen LogP contribution < -0.4 is 10.6 Å². The molecule has 0 saturated heterocycles. The van der Waals surface area contributed by atoms with E-state index < -0.39 is 0 Å². The molecule has 124 valence electrons. The summed E-state index contributed by atoms with van der Waals surface area (Å²) in [6.07, 6.45) is 1.76. The molecule has 0 atom stereocenters. The van der Waals surface area contributed by atoms with E-state index in [1.807, 2.05) is 18.2 Å². The number of nitrogens with one attached hydrogen (secondary N) is 2. The van der Waals surface area contributed by atoms with Crippen LogP contribution in [0.25, 0.3) is 21.5 Å². The van der Waals surface area contributed by atoms with Crippen molar-refractivity contribution in [2.45, 2.75) is 0 Å². The number of nitrogens with zero attached hydrogens (tertiary/aromatic N) is 3. The summed E-state index contributed by atoms with van der Waals surface area (Å²) in [6.45, 7) is 1.56. The van der Waals surface area contributed by atoms with Gasteiger partial charge in [0.25, 0.3) is 0 Å². The van der Waals surface area contributed by atoms with Crippen LogP contribution in [0, 0.1) is 0 Å². The van der Waals surface area contributed by atoms with E-state index in [0.29, 0.717) is 0 Å². The van der Waals surface area contributed by atoms with E-state index in [2.05, 4.69) is 68.3 Å². The molecule has 2 aromatic carbocycles. The number of fused-ring (bicyclic) bond motifs is 1. The molecule has 0 aliphatic carbocycles. The van der Waals surface area contributed by atoms with E-state index in [-0.39, 0.29) is 0 Å². The van der Waals surface area contributed by atoms with Gasteiger partial charge in [-0.1, -0.05) is 53.8 Å². The Balaban J connectivity index is 1.35. The molecular formula is C19H17N5S. The summed E-state index contributed by atoms with van der Waals surface area (Å²) >= 11 is 1.51. The van der Waals surface area contributed by atoms with Gasteiger partial charge in [-0.15, -0.1) is 10.2 Å². The molecular weight excluding hydrogens is 330 g/mol. The Labute approximate surface area is 149 Å². The highest BCUT2D eigenvalue weighted by atomic mass is 32.1. The van der Waals surface area contributed by atoms with E-state index in [1.165, 1.54) is 22.1 Å². The molecule has 2 aromatic heterocycles. The van der Waals surface area contributed by atoms with Gasteiger partial charge in [0, 0.05) is 30.4 Å². The second kappa shape index (κ2) is 7.27. The first-order valence-electron chi connectivity index (χ1n) is 8.10. The Morgan fingerprint density at radius 2 is 1.64 bits per heavy atom. The quantitative estimate of drug-likeness (QED) is 0.510. The van der Waals surface area contributed by atoms with Crippen molar-refractivity contribution in [2.75, 3.05) is 23.7 Å². The Kier molecular flexibility index (Phi) is 4.52. The highest BCUT2D eigenvalue weighted by molar-refractivity contribution is 7.18. The van der Waals surface area contributed by atoms with Crippen molar-refractivity contribution < 1.29 is 0 Å². The summed E-state index contributed by atoms with van der Waals surface area (Å²) in [6, 6.07) is 20.5. The molecule has 0 aliphatic rings. The third kappa shape index (κ3) is 3.59. The molecule has 2 heterocycles. The van der Waals surface area contributed by atoms with Crippen molar-refractivity contribution in [3.05, 3.63) is 66.9 Å². The van der Waals surface area contributed by atoms with Crippen LogP contribution in [0.2, 0.25) is 0 Å². The van der Waals surface area contributed by atoms with Crippen molar-refractivity contribution in [1.29, 1.82) is 0 Å². The maximum absolute atomic E-state index is 4.30. The summed E-state index contributed by atoms with van der Waals surface area (Å²) in [5.74, 6) is 0. The topological polar surface area (TPSA) is 62.7 Å². The number of benzene rings is 2. The zero-order valence-corrected chi connectivity index (χ0v) is 14.3. The molecule has 0 amide bonds. The van der Waals surface area contributed by atoms with Crippen molar-refractivity contribution in [1.82, 2.24) is 15.2 Å². The van der Waals surface area contributed by atoms with Crippen LogP contribution in [-0.4, -0.2) is 28.3 Å². The molecule has 0 radical (unpaired) electrons. The van der Waals surface area contributed by atoms with Gasteiger partial charge in [0.15, 0.2) is 5.01 Å². The standard InChI is InChI=1S/C19H17N5S/c1-2-8-15-14(6-1)7-5-10-16(15)21-12-13-22-19-24-23-18(25-19)17-9-3-4-11-20-17/h1-11,21H,12-13H2,(H,22,24). The van der Waals surface area contributed by atoms with Crippen LogP contribution in [-0.2, 0) is 0 Å². The molecule has 0 aliphatic heterocycles. The lowest BCUT2D eigenvalue weighted by Gasteiger charge is -2.09. The Morgan fingerprint density at radius 3 is 2.56 bits per heavy atom. The number of pyridine rings is 1. The monoisotopic (exact) mass is 347 g/mol. The Hall–Kier alpha value is -2.99. The normalized spacial score (nSPS) is 10.7. The Morgan fingerprint density at radius 1 is 0.800 bits per heavy atom. The fraction of sp³-hybridized carbons (Fsp3) is 0.105. The second-order valence-corrected chi connectivity index (χ2v) is 6.49. The fourth-order valence-electron chi connectivity index (χ4n) is 2.63. The van der Waals surface area contributed by atoms with E-state index in [4.69, 9.17) is 0 Å². The van der Waals surface area contributed by atoms with Crippen LogP contribution in [0.1, 0.15) is 0 Å². The van der Waals surface area contributed by atoms with Gasteiger partial charge in [-0.05, 0) is 23.6 Å². The molecule has 4 rings (SSSR count). The van der Waals surface area contributed by atoms with E-state index >= 15 is 0 Å². The van der Waals surface area contributed by atoms with Crippen LogP contribution in [0.5, 0.6) is 0 Å². The Bertz CT molecular complexity index is 962. The predicted molar refractivity (Wildman–Crippen MR) is 104 cm³/mol. The molecule has 0 spiro atoms. The maximum atomic E-state index is 4.30. The zero-order chi connectivity index (χ0) is 16.9.